The summed E-state index contributed by atoms with van der Waals surface area (Å²) in [6.45, 7) is 0.328. The summed E-state index contributed by atoms with van der Waals surface area (Å²) in [6.07, 6.45) is 2.33. The fourth-order valence-electron chi connectivity index (χ4n) is 3.78. The molecule has 3 atom stereocenters. The molecule has 3 aromatic rings. The Morgan fingerprint density at radius 3 is 2.97 bits per heavy atom. The van der Waals surface area contributed by atoms with E-state index < -0.39 is 11.7 Å². The minimum atomic E-state index is -0.535. The van der Waals surface area contributed by atoms with Crippen LogP contribution in [0.25, 0.3) is 10.6 Å². The molecule has 9 nitrogen and oxygen atoms in total. The maximum Gasteiger partial charge on any atom is 0.277 e. The molecule has 1 aromatic carbocycles. The average molecular weight is 495 g/mol. The summed E-state index contributed by atoms with van der Waals surface area (Å²) in [5.74, 6) is -1.04. The van der Waals surface area contributed by atoms with Crippen LogP contribution in [0.1, 0.15) is 35.1 Å². The Hall–Kier alpha value is -2.57. The number of methoxy groups -OCH3 is 1. The first kappa shape index (κ1) is 23.6. The van der Waals surface area contributed by atoms with Gasteiger partial charge in [-0.15, -0.1) is 0 Å². The molecule has 1 fully saturated rings. The molecule has 3 heterocycles. The van der Waals surface area contributed by atoms with Crippen LogP contribution in [0.3, 0.4) is 0 Å². The standard InChI is InChI=1S/C21H24ClFN6O3S/c1-29-18(15-6-5-13(24)16(31-2)9-32-15)14(8-26-29)27-20(30)17-19(25)33-21(28-17)11-7-10(22)3-4-12(11)23/h3-4,7-8,13,15-16H,5-6,9,24-25H2,1-2H3,(H,27,30). The van der Waals surface area contributed by atoms with Crippen LogP contribution < -0.4 is 16.8 Å². The lowest BCUT2D eigenvalue weighted by Gasteiger charge is -2.19. The van der Waals surface area contributed by atoms with Gasteiger partial charge in [0.25, 0.3) is 5.91 Å². The van der Waals surface area contributed by atoms with Crippen molar-refractivity contribution in [1.82, 2.24) is 14.8 Å². The third-order valence-corrected chi connectivity index (χ3v) is 6.72. The van der Waals surface area contributed by atoms with E-state index >= 15 is 0 Å². The molecule has 33 heavy (non-hydrogen) atoms. The van der Waals surface area contributed by atoms with Crippen LogP contribution in [0.4, 0.5) is 15.1 Å². The zero-order chi connectivity index (χ0) is 23.7. The van der Waals surface area contributed by atoms with Gasteiger partial charge in [-0.2, -0.15) is 5.10 Å². The highest BCUT2D eigenvalue weighted by Crippen LogP contribution is 2.35. The van der Waals surface area contributed by atoms with Crippen molar-refractivity contribution in [3.05, 3.63) is 46.6 Å². The Morgan fingerprint density at radius 1 is 1.42 bits per heavy atom. The lowest BCUT2D eigenvalue weighted by molar-refractivity contribution is -0.0211. The number of nitrogens with zero attached hydrogens (tertiary/aromatic N) is 3. The van der Waals surface area contributed by atoms with Crippen LogP contribution in [0.15, 0.2) is 24.4 Å². The van der Waals surface area contributed by atoms with Gasteiger partial charge in [-0.05, 0) is 31.0 Å². The average Bonchev–Trinajstić information content (AvgIpc) is 3.28. The number of benzene rings is 1. The number of anilines is 2. The van der Waals surface area contributed by atoms with Crippen molar-refractivity contribution >= 4 is 39.5 Å². The topological polar surface area (TPSA) is 130 Å². The molecule has 2 aromatic heterocycles. The molecular weight excluding hydrogens is 471 g/mol. The van der Waals surface area contributed by atoms with E-state index in [1.165, 1.54) is 24.4 Å². The van der Waals surface area contributed by atoms with Gasteiger partial charge in [-0.1, -0.05) is 22.9 Å². The summed E-state index contributed by atoms with van der Waals surface area (Å²) in [5, 5.41) is 7.85. The second kappa shape index (κ2) is 9.74. The number of halogens is 2. The van der Waals surface area contributed by atoms with Crippen molar-refractivity contribution in [2.75, 3.05) is 24.8 Å². The molecule has 5 N–H and O–H groups in total. The van der Waals surface area contributed by atoms with E-state index in [1.807, 2.05) is 0 Å². The summed E-state index contributed by atoms with van der Waals surface area (Å²) < 4.78 is 27.3. The van der Waals surface area contributed by atoms with E-state index in [1.54, 1.807) is 18.8 Å². The number of hydrogen-bond acceptors (Lipinski definition) is 8. The van der Waals surface area contributed by atoms with E-state index in [0.29, 0.717) is 35.9 Å². The van der Waals surface area contributed by atoms with Crippen LogP contribution >= 0.6 is 22.9 Å². The van der Waals surface area contributed by atoms with Crippen molar-refractivity contribution in [3.63, 3.8) is 0 Å². The first-order chi connectivity index (χ1) is 15.8. The smallest absolute Gasteiger partial charge is 0.277 e. The van der Waals surface area contributed by atoms with Crippen LogP contribution in [-0.4, -0.2) is 46.5 Å². The minimum absolute atomic E-state index is 0.00701. The van der Waals surface area contributed by atoms with E-state index in [4.69, 9.17) is 32.5 Å². The number of amides is 1. The molecule has 3 unspecified atom stereocenters. The number of nitrogens with one attached hydrogen (secondary N) is 1. The van der Waals surface area contributed by atoms with Gasteiger partial charge in [0.05, 0.1) is 30.3 Å². The van der Waals surface area contributed by atoms with E-state index in [-0.39, 0.29) is 39.5 Å². The monoisotopic (exact) mass is 494 g/mol. The first-order valence-electron chi connectivity index (χ1n) is 10.2. The van der Waals surface area contributed by atoms with Crippen molar-refractivity contribution in [1.29, 1.82) is 0 Å². The number of carbonyl (C=O) groups excluding carboxylic acids is 1. The number of hydrogen-bond donors (Lipinski definition) is 3. The number of ether oxygens (including phenoxy) is 2. The predicted molar refractivity (Wildman–Crippen MR) is 125 cm³/mol. The molecule has 0 bridgehead atoms. The second-order valence-electron chi connectivity index (χ2n) is 7.71. The molecule has 4 rings (SSSR count). The second-order valence-corrected chi connectivity index (χ2v) is 9.18. The fraction of sp³-hybridized carbons (Fsp3) is 0.381. The number of nitrogens with two attached hydrogens (primary N) is 2. The number of thiazole rings is 1. The molecule has 1 amide bonds. The van der Waals surface area contributed by atoms with Crippen molar-refractivity contribution in [2.45, 2.75) is 31.1 Å². The van der Waals surface area contributed by atoms with Gasteiger partial charge in [0.2, 0.25) is 0 Å². The fourth-order valence-corrected chi connectivity index (χ4v) is 4.80. The third-order valence-electron chi connectivity index (χ3n) is 5.57. The number of nitrogen functional groups attached to an aromatic ring is 1. The molecule has 0 spiro atoms. The summed E-state index contributed by atoms with van der Waals surface area (Å²) >= 11 is 6.98. The summed E-state index contributed by atoms with van der Waals surface area (Å²) in [6, 6.07) is 3.97. The maximum absolute atomic E-state index is 14.2. The zero-order valence-electron chi connectivity index (χ0n) is 18.0. The minimum Gasteiger partial charge on any atom is -0.389 e. The van der Waals surface area contributed by atoms with Crippen LogP contribution in [-0.2, 0) is 16.5 Å². The quantitative estimate of drug-likeness (QED) is 0.495. The molecular formula is C21H24ClFN6O3S. The Morgan fingerprint density at radius 2 is 2.21 bits per heavy atom. The normalized spacial score (nSPS) is 21.1. The molecule has 1 saturated heterocycles. The van der Waals surface area contributed by atoms with Crippen LogP contribution in [0.5, 0.6) is 0 Å². The van der Waals surface area contributed by atoms with Gasteiger partial charge in [-0.25, -0.2) is 9.37 Å². The highest BCUT2D eigenvalue weighted by molar-refractivity contribution is 7.19. The molecule has 0 saturated carbocycles. The summed E-state index contributed by atoms with van der Waals surface area (Å²) in [7, 11) is 3.37. The molecule has 12 heteroatoms. The van der Waals surface area contributed by atoms with Gasteiger partial charge in [0, 0.05) is 30.8 Å². The molecule has 176 valence electrons. The van der Waals surface area contributed by atoms with Crippen molar-refractivity contribution < 1.29 is 18.7 Å². The Kier molecular flexibility index (Phi) is 6.96. The number of rotatable bonds is 5. The molecule has 0 radical (unpaired) electrons. The Labute approximate surface area is 198 Å². The van der Waals surface area contributed by atoms with E-state index in [2.05, 4.69) is 15.4 Å². The van der Waals surface area contributed by atoms with E-state index in [9.17, 15) is 9.18 Å². The highest BCUT2D eigenvalue weighted by Gasteiger charge is 2.30. The van der Waals surface area contributed by atoms with Gasteiger partial charge < -0.3 is 26.3 Å². The third kappa shape index (κ3) is 4.87. The molecule has 1 aliphatic heterocycles. The van der Waals surface area contributed by atoms with Crippen molar-refractivity contribution in [3.8, 4) is 10.6 Å². The summed E-state index contributed by atoms with van der Waals surface area (Å²) in [4.78, 5) is 17.3. The van der Waals surface area contributed by atoms with Gasteiger partial charge in [0.1, 0.15) is 21.9 Å². The zero-order valence-corrected chi connectivity index (χ0v) is 19.6. The van der Waals surface area contributed by atoms with Gasteiger partial charge in [0.15, 0.2) is 5.69 Å². The molecule has 1 aliphatic rings. The maximum atomic E-state index is 14.2. The number of aryl methyl sites for hydroxylation is 1. The Balaban J connectivity index is 1.57. The first-order valence-corrected chi connectivity index (χ1v) is 11.4. The SMILES string of the molecule is COC1COC(c2c(NC(=O)c3nc(-c4cc(Cl)ccc4F)sc3N)cnn2C)CCC1N. The van der Waals surface area contributed by atoms with Gasteiger partial charge >= 0.3 is 0 Å². The summed E-state index contributed by atoms with van der Waals surface area (Å²) in [5.41, 5.74) is 13.6. The number of aromatic nitrogens is 3. The van der Waals surface area contributed by atoms with Crippen molar-refractivity contribution in [2.24, 2.45) is 12.8 Å². The van der Waals surface area contributed by atoms with Crippen LogP contribution in [0.2, 0.25) is 5.02 Å². The number of carbonyl (C=O) groups is 1. The van der Waals surface area contributed by atoms with E-state index in [0.717, 1.165) is 11.3 Å². The predicted octanol–water partition coefficient (Wildman–Crippen LogP) is 3.36. The Bertz CT molecular complexity index is 1170. The van der Waals surface area contributed by atoms with Crippen LogP contribution in [0, 0.1) is 5.82 Å². The molecule has 0 aliphatic carbocycles. The lowest BCUT2D eigenvalue weighted by Crippen LogP contribution is -2.37. The largest absolute Gasteiger partial charge is 0.389 e. The van der Waals surface area contributed by atoms with Gasteiger partial charge in [-0.3, -0.25) is 9.48 Å². The lowest BCUT2D eigenvalue weighted by atomic mass is 10.0. The highest BCUT2D eigenvalue weighted by atomic mass is 35.5.